The Morgan fingerprint density at radius 1 is 1.47 bits per heavy atom. The summed E-state index contributed by atoms with van der Waals surface area (Å²) < 4.78 is 6.39. The number of aryl methyl sites for hydroxylation is 1. The van der Waals surface area contributed by atoms with Gasteiger partial charge in [-0.25, -0.2) is 0 Å². The maximum atomic E-state index is 10.5. The molecule has 0 unspecified atom stereocenters. The fraction of sp³-hybridized carbons (Fsp3) is 0.462. The minimum Gasteiger partial charge on any atom is -0.496 e. The van der Waals surface area contributed by atoms with Crippen LogP contribution in [-0.2, 0) is 11.2 Å². The predicted molar refractivity (Wildman–Crippen MR) is 70.7 cm³/mol. The first kappa shape index (κ1) is 14.0. The highest BCUT2D eigenvalue weighted by Crippen LogP contribution is 2.32. The van der Waals surface area contributed by atoms with E-state index in [1.807, 2.05) is 19.9 Å². The third-order valence-corrected chi connectivity index (χ3v) is 3.51. The molecule has 0 aliphatic carbocycles. The van der Waals surface area contributed by atoms with Crippen molar-refractivity contribution < 1.29 is 14.6 Å². The Kier molecular flexibility index (Phi) is 5.00. The van der Waals surface area contributed by atoms with Crippen LogP contribution in [0.1, 0.15) is 29.5 Å². The predicted octanol–water partition coefficient (Wildman–Crippen LogP) is 3.48. The molecule has 1 rings (SSSR count). The molecular formula is C13H17BrO3. The Morgan fingerprint density at radius 2 is 2.12 bits per heavy atom. The second-order valence-corrected chi connectivity index (χ2v) is 4.91. The first-order valence-corrected chi connectivity index (χ1v) is 6.31. The van der Waals surface area contributed by atoms with Gasteiger partial charge in [-0.1, -0.05) is 15.9 Å². The summed E-state index contributed by atoms with van der Waals surface area (Å²) in [6.07, 6.45) is 1.58. The number of rotatable bonds is 5. The third kappa shape index (κ3) is 3.46. The molecule has 0 aliphatic rings. The highest BCUT2D eigenvalue weighted by Gasteiger charge is 2.12. The molecule has 0 saturated carbocycles. The highest BCUT2D eigenvalue weighted by molar-refractivity contribution is 9.10. The monoisotopic (exact) mass is 300 g/mol. The van der Waals surface area contributed by atoms with Gasteiger partial charge in [0.05, 0.1) is 7.11 Å². The number of carbonyl (C=O) groups is 1. The summed E-state index contributed by atoms with van der Waals surface area (Å²) in [7, 11) is 1.66. The maximum Gasteiger partial charge on any atom is 0.303 e. The molecule has 17 heavy (non-hydrogen) atoms. The van der Waals surface area contributed by atoms with Crippen LogP contribution in [0.5, 0.6) is 5.75 Å². The van der Waals surface area contributed by atoms with Gasteiger partial charge in [0.15, 0.2) is 0 Å². The summed E-state index contributed by atoms with van der Waals surface area (Å²) in [5, 5.41) is 8.64. The van der Waals surface area contributed by atoms with Gasteiger partial charge in [0.25, 0.3) is 0 Å². The van der Waals surface area contributed by atoms with Gasteiger partial charge >= 0.3 is 5.97 Å². The molecule has 1 aromatic carbocycles. The van der Waals surface area contributed by atoms with Crippen LogP contribution in [-0.4, -0.2) is 18.2 Å². The van der Waals surface area contributed by atoms with Gasteiger partial charge in [0, 0.05) is 10.9 Å². The van der Waals surface area contributed by atoms with Crippen LogP contribution in [0.3, 0.4) is 0 Å². The molecule has 0 aliphatic heterocycles. The second kappa shape index (κ2) is 6.05. The van der Waals surface area contributed by atoms with Gasteiger partial charge < -0.3 is 9.84 Å². The second-order valence-electron chi connectivity index (χ2n) is 4.06. The summed E-state index contributed by atoms with van der Waals surface area (Å²) in [6, 6.07) is 2.02. The Morgan fingerprint density at radius 3 is 2.65 bits per heavy atom. The van der Waals surface area contributed by atoms with Gasteiger partial charge in [0.1, 0.15) is 5.75 Å². The Hall–Kier alpha value is -1.03. The minimum atomic E-state index is -0.752. The number of ether oxygens (including phenoxy) is 1. The van der Waals surface area contributed by atoms with Crippen LogP contribution >= 0.6 is 15.9 Å². The molecule has 0 aromatic heterocycles. The summed E-state index contributed by atoms with van der Waals surface area (Å²) in [5.41, 5.74) is 3.30. The van der Waals surface area contributed by atoms with Gasteiger partial charge in [-0.2, -0.15) is 0 Å². The molecule has 0 fully saturated rings. The van der Waals surface area contributed by atoms with Gasteiger partial charge in [-0.15, -0.1) is 0 Å². The molecule has 0 bridgehead atoms. The fourth-order valence-electron chi connectivity index (χ4n) is 1.99. The van der Waals surface area contributed by atoms with E-state index in [2.05, 4.69) is 15.9 Å². The Bertz CT molecular complexity index is 427. The minimum absolute atomic E-state index is 0.196. The molecule has 0 radical (unpaired) electrons. The van der Waals surface area contributed by atoms with Crippen molar-refractivity contribution in [3.63, 3.8) is 0 Å². The lowest BCUT2D eigenvalue weighted by Gasteiger charge is -2.15. The number of hydrogen-bond acceptors (Lipinski definition) is 2. The van der Waals surface area contributed by atoms with Crippen molar-refractivity contribution in [2.24, 2.45) is 0 Å². The van der Waals surface area contributed by atoms with E-state index in [1.165, 1.54) is 0 Å². The SMILES string of the molecule is COc1c(C)cc(Br)c(CCCC(=O)O)c1C. The van der Waals surface area contributed by atoms with Crippen molar-refractivity contribution >= 4 is 21.9 Å². The van der Waals surface area contributed by atoms with Crippen LogP contribution in [0.4, 0.5) is 0 Å². The first-order valence-electron chi connectivity index (χ1n) is 5.51. The largest absolute Gasteiger partial charge is 0.496 e. The number of aliphatic carboxylic acids is 1. The number of carboxylic acids is 1. The molecular weight excluding hydrogens is 284 g/mol. The van der Waals surface area contributed by atoms with Gasteiger partial charge in [0.2, 0.25) is 0 Å². The van der Waals surface area contributed by atoms with E-state index < -0.39 is 5.97 Å². The number of methoxy groups -OCH3 is 1. The van der Waals surface area contributed by atoms with E-state index in [0.29, 0.717) is 6.42 Å². The average molecular weight is 301 g/mol. The van der Waals surface area contributed by atoms with E-state index in [9.17, 15) is 4.79 Å². The van der Waals surface area contributed by atoms with Gasteiger partial charge in [-0.05, 0) is 49.4 Å². The Balaban J connectivity index is 2.94. The van der Waals surface area contributed by atoms with Gasteiger partial charge in [-0.3, -0.25) is 4.79 Å². The Labute approximate surface area is 110 Å². The molecule has 0 saturated heterocycles. The van der Waals surface area contributed by atoms with E-state index in [0.717, 1.165) is 33.3 Å². The lowest BCUT2D eigenvalue weighted by Crippen LogP contribution is -2.01. The van der Waals surface area contributed by atoms with Crippen molar-refractivity contribution in [1.82, 2.24) is 0 Å². The summed E-state index contributed by atoms with van der Waals surface area (Å²) >= 11 is 3.53. The number of carboxylic acid groups (broad SMARTS) is 1. The third-order valence-electron chi connectivity index (χ3n) is 2.80. The van der Waals surface area contributed by atoms with Crippen LogP contribution < -0.4 is 4.74 Å². The molecule has 94 valence electrons. The van der Waals surface area contributed by atoms with Crippen molar-refractivity contribution in [2.75, 3.05) is 7.11 Å². The molecule has 0 atom stereocenters. The zero-order chi connectivity index (χ0) is 13.0. The highest BCUT2D eigenvalue weighted by atomic mass is 79.9. The summed E-state index contributed by atoms with van der Waals surface area (Å²) in [5.74, 6) is 0.136. The first-order chi connectivity index (χ1) is 7.97. The zero-order valence-electron chi connectivity index (χ0n) is 10.3. The average Bonchev–Trinajstić information content (AvgIpc) is 2.22. The number of halogens is 1. The van der Waals surface area contributed by atoms with Crippen molar-refractivity contribution in [3.05, 3.63) is 27.2 Å². The van der Waals surface area contributed by atoms with Crippen LogP contribution in [0.15, 0.2) is 10.5 Å². The fourth-order valence-corrected chi connectivity index (χ4v) is 2.83. The van der Waals surface area contributed by atoms with Crippen molar-refractivity contribution in [2.45, 2.75) is 33.1 Å². The quantitative estimate of drug-likeness (QED) is 0.905. The lowest BCUT2D eigenvalue weighted by atomic mass is 9.99. The van der Waals surface area contributed by atoms with E-state index in [-0.39, 0.29) is 6.42 Å². The summed E-state index contributed by atoms with van der Waals surface area (Å²) in [6.45, 7) is 4.00. The topological polar surface area (TPSA) is 46.5 Å². The standard InChI is InChI=1S/C13H17BrO3/c1-8-7-11(14)10(5-4-6-12(15)16)9(2)13(8)17-3/h7H,4-6H2,1-3H3,(H,15,16). The van der Waals surface area contributed by atoms with Crippen LogP contribution in [0.25, 0.3) is 0 Å². The summed E-state index contributed by atoms with van der Waals surface area (Å²) in [4.78, 5) is 10.5. The van der Waals surface area contributed by atoms with E-state index in [4.69, 9.17) is 9.84 Å². The lowest BCUT2D eigenvalue weighted by molar-refractivity contribution is -0.137. The molecule has 0 spiro atoms. The van der Waals surface area contributed by atoms with Crippen molar-refractivity contribution in [1.29, 1.82) is 0 Å². The number of hydrogen-bond donors (Lipinski definition) is 1. The number of benzene rings is 1. The molecule has 3 nitrogen and oxygen atoms in total. The van der Waals surface area contributed by atoms with Crippen molar-refractivity contribution in [3.8, 4) is 5.75 Å². The molecule has 0 amide bonds. The maximum absolute atomic E-state index is 10.5. The van der Waals surface area contributed by atoms with E-state index >= 15 is 0 Å². The zero-order valence-corrected chi connectivity index (χ0v) is 11.9. The van der Waals surface area contributed by atoms with E-state index in [1.54, 1.807) is 7.11 Å². The normalized spacial score (nSPS) is 10.4. The molecule has 1 aromatic rings. The molecule has 1 N–H and O–H groups in total. The smallest absolute Gasteiger partial charge is 0.303 e. The van der Waals surface area contributed by atoms with Crippen LogP contribution in [0.2, 0.25) is 0 Å². The molecule has 0 heterocycles. The molecule has 4 heteroatoms. The van der Waals surface area contributed by atoms with Crippen LogP contribution in [0, 0.1) is 13.8 Å².